The van der Waals surface area contributed by atoms with Gasteiger partial charge in [-0.05, 0) is 18.2 Å². The third kappa shape index (κ3) is 3.03. The molecule has 1 heterocycles. The number of rotatable bonds is 3. The van der Waals surface area contributed by atoms with E-state index in [4.69, 9.17) is 11.6 Å². The van der Waals surface area contributed by atoms with E-state index in [1.54, 1.807) is 36.5 Å². The summed E-state index contributed by atoms with van der Waals surface area (Å²) in [5, 5.41) is 14.0. The lowest BCUT2D eigenvalue weighted by atomic mass is 10.1. The molecule has 0 radical (unpaired) electrons. The Hall–Kier alpha value is -2.07. The number of carbonyl (C=O) groups excluding carboxylic acids is 1. The molecule has 2 rings (SSSR count). The fourth-order valence-corrected chi connectivity index (χ4v) is 1.99. The summed E-state index contributed by atoms with van der Waals surface area (Å²) in [6.07, 6.45) is 5.04. The van der Waals surface area contributed by atoms with Crippen LogP contribution >= 0.6 is 11.6 Å². The zero-order valence-corrected chi connectivity index (χ0v) is 11.1. The molecule has 0 aliphatic carbocycles. The van der Waals surface area contributed by atoms with Gasteiger partial charge in [0.15, 0.2) is 0 Å². The number of aromatic nitrogens is 1. The Morgan fingerprint density at radius 3 is 3.11 bits per heavy atom. The van der Waals surface area contributed by atoms with Crippen LogP contribution in [0.3, 0.4) is 0 Å². The second kappa shape index (κ2) is 5.71. The number of hydrogen-bond donors (Lipinski definition) is 2. The lowest BCUT2D eigenvalue weighted by Gasteiger charge is -2.06. The van der Waals surface area contributed by atoms with Crippen molar-refractivity contribution in [1.82, 2.24) is 10.3 Å². The standard InChI is InChI=1S/C14H13ClN2O2/c1-9(18)16-6-2-4-10-8-12(15)11-5-3-7-17-13(11)14(10)19/h2-5,7-8,19H,6H2,1H3,(H,16,18). The molecule has 98 valence electrons. The molecule has 0 aliphatic rings. The van der Waals surface area contributed by atoms with E-state index >= 15 is 0 Å². The number of amides is 1. The fraction of sp³-hybridized carbons (Fsp3) is 0.143. The van der Waals surface area contributed by atoms with E-state index < -0.39 is 0 Å². The Bertz CT molecular complexity index is 653. The van der Waals surface area contributed by atoms with Crippen LogP contribution in [-0.4, -0.2) is 22.5 Å². The van der Waals surface area contributed by atoms with Crippen LogP contribution in [0.15, 0.2) is 30.5 Å². The Kier molecular flexibility index (Phi) is 4.02. The Labute approximate surface area is 115 Å². The third-order valence-electron chi connectivity index (χ3n) is 2.61. The molecule has 4 nitrogen and oxygen atoms in total. The number of carbonyl (C=O) groups is 1. The van der Waals surface area contributed by atoms with Gasteiger partial charge in [-0.25, -0.2) is 0 Å². The van der Waals surface area contributed by atoms with Crippen molar-refractivity contribution < 1.29 is 9.90 Å². The van der Waals surface area contributed by atoms with E-state index in [1.165, 1.54) is 6.92 Å². The number of aromatic hydroxyl groups is 1. The summed E-state index contributed by atoms with van der Waals surface area (Å²) < 4.78 is 0. The monoisotopic (exact) mass is 276 g/mol. The van der Waals surface area contributed by atoms with Gasteiger partial charge in [-0.1, -0.05) is 23.8 Å². The van der Waals surface area contributed by atoms with Crippen molar-refractivity contribution >= 4 is 34.5 Å². The lowest BCUT2D eigenvalue weighted by Crippen LogP contribution is -2.19. The predicted octanol–water partition coefficient (Wildman–Crippen LogP) is 2.74. The minimum Gasteiger partial charge on any atom is -0.505 e. The number of pyridine rings is 1. The molecule has 0 saturated carbocycles. The maximum atomic E-state index is 10.7. The number of nitrogens with zero attached hydrogens (tertiary/aromatic N) is 1. The van der Waals surface area contributed by atoms with Crippen molar-refractivity contribution in [3.63, 3.8) is 0 Å². The molecule has 19 heavy (non-hydrogen) atoms. The molecule has 0 fully saturated rings. The van der Waals surface area contributed by atoms with E-state index in [1.807, 2.05) is 0 Å². The average molecular weight is 277 g/mol. The summed E-state index contributed by atoms with van der Waals surface area (Å²) in [5.41, 5.74) is 1.04. The molecule has 2 aromatic rings. The highest BCUT2D eigenvalue weighted by Crippen LogP contribution is 2.33. The normalized spacial score (nSPS) is 11.1. The molecule has 2 N–H and O–H groups in total. The van der Waals surface area contributed by atoms with Gasteiger partial charge in [-0.15, -0.1) is 0 Å². The highest BCUT2D eigenvalue weighted by molar-refractivity contribution is 6.35. The van der Waals surface area contributed by atoms with E-state index in [0.717, 1.165) is 0 Å². The van der Waals surface area contributed by atoms with Crippen LogP contribution in [0.25, 0.3) is 17.0 Å². The number of hydrogen-bond acceptors (Lipinski definition) is 3. The number of phenols is 1. The molecule has 0 spiro atoms. The molecule has 0 bridgehead atoms. The largest absolute Gasteiger partial charge is 0.505 e. The smallest absolute Gasteiger partial charge is 0.217 e. The Morgan fingerprint density at radius 2 is 2.37 bits per heavy atom. The summed E-state index contributed by atoms with van der Waals surface area (Å²) >= 11 is 6.14. The highest BCUT2D eigenvalue weighted by Gasteiger charge is 2.09. The van der Waals surface area contributed by atoms with Crippen LogP contribution in [0, 0.1) is 0 Å². The van der Waals surface area contributed by atoms with Crippen LogP contribution in [0.1, 0.15) is 12.5 Å². The lowest BCUT2D eigenvalue weighted by molar-refractivity contribution is -0.118. The molecule has 5 heteroatoms. The molecule has 0 aliphatic heterocycles. The van der Waals surface area contributed by atoms with Gasteiger partial charge in [-0.3, -0.25) is 9.78 Å². The summed E-state index contributed by atoms with van der Waals surface area (Å²) in [6, 6.07) is 5.24. The van der Waals surface area contributed by atoms with Crippen molar-refractivity contribution in [2.75, 3.05) is 6.54 Å². The summed E-state index contributed by atoms with van der Waals surface area (Å²) in [4.78, 5) is 14.8. The van der Waals surface area contributed by atoms with Crippen molar-refractivity contribution in [3.05, 3.63) is 41.1 Å². The molecule has 1 aromatic heterocycles. The third-order valence-corrected chi connectivity index (χ3v) is 2.92. The van der Waals surface area contributed by atoms with Gasteiger partial charge >= 0.3 is 0 Å². The van der Waals surface area contributed by atoms with Gasteiger partial charge in [-0.2, -0.15) is 0 Å². The number of nitrogens with one attached hydrogen (secondary N) is 1. The van der Waals surface area contributed by atoms with Gasteiger partial charge in [0.1, 0.15) is 11.3 Å². The van der Waals surface area contributed by atoms with Gasteiger partial charge < -0.3 is 10.4 Å². The number of halogens is 1. The summed E-state index contributed by atoms with van der Waals surface area (Å²) in [6.45, 7) is 1.84. The molecule has 1 aromatic carbocycles. The van der Waals surface area contributed by atoms with Crippen molar-refractivity contribution in [2.24, 2.45) is 0 Å². The second-order valence-corrected chi connectivity index (χ2v) is 4.44. The number of benzene rings is 1. The number of phenolic OH excluding ortho intramolecular Hbond substituents is 1. The van der Waals surface area contributed by atoms with E-state index in [0.29, 0.717) is 28.0 Å². The van der Waals surface area contributed by atoms with Crippen LogP contribution in [0.2, 0.25) is 5.02 Å². The second-order valence-electron chi connectivity index (χ2n) is 4.04. The fourth-order valence-electron chi connectivity index (χ4n) is 1.72. The zero-order chi connectivity index (χ0) is 13.8. The molecule has 0 saturated heterocycles. The van der Waals surface area contributed by atoms with Gasteiger partial charge in [0.2, 0.25) is 5.91 Å². The minimum absolute atomic E-state index is 0.0825. The summed E-state index contributed by atoms with van der Waals surface area (Å²) in [5.74, 6) is -0.0221. The minimum atomic E-state index is -0.105. The summed E-state index contributed by atoms with van der Waals surface area (Å²) in [7, 11) is 0. The predicted molar refractivity (Wildman–Crippen MR) is 76.1 cm³/mol. The van der Waals surface area contributed by atoms with Crippen molar-refractivity contribution in [2.45, 2.75) is 6.92 Å². The maximum absolute atomic E-state index is 10.7. The SMILES string of the molecule is CC(=O)NCC=Cc1cc(Cl)c2cccnc2c1O. The first-order valence-electron chi connectivity index (χ1n) is 5.77. The molecular weight excluding hydrogens is 264 g/mol. The molecule has 0 unspecified atom stereocenters. The van der Waals surface area contributed by atoms with Crippen LogP contribution in [-0.2, 0) is 4.79 Å². The molecule has 0 atom stereocenters. The Morgan fingerprint density at radius 1 is 1.58 bits per heavy atom. The zero-order valence-electron chi connectivity index (χ0n) is 10.4. The Balaban J connectivity index is 2.34. The topological polar surface area (TPSA) is 62.2 Å². The van der Waals surface area contributed by atoms with Crippen LogP contribution < -0.4 is 5.32 Å². The van der Waals surface area contributed by atoms with E-state index in [-0.39, 0.29) is 11.7 Å². The van der Waals surface area contributed by atoms with E-state index in [9.17, 15) is 9.90 Å². The van der Waals surface area contributed by atoms with Crippen LogP contribution in [0.5, 0.6) is 5.75 Å². The van der Waals surface area contributed by atoms with Crippen molar-refractivity contribution in [3.8, 4) is 5.75 Å². The maximum Gasteiger partial charge on any atom is 0.217 e. The van der Waals surface area contributed by atoms with Gasteiger partial charge in [0.25, 0.3) is 0 Å². The highest BCUT2D eigenvalue weighted by atomic mass is 35.5. The van der Waals surface area contributed by atoms with Gasteiger partial charge in [0, 0.05) is 30.6 Å². The molecule has 1 amide bonds. The first-order valence-corrected chi connectivity index (χ1v) is 6.14. The number of fused-ring (bicyclic) bond motifs is 1. The first-order chi connectivity index (χ1) is 9.09. The average Bonchev–Trinajstić information content (AvgIpc) is 2.40. The van der Waals surface area contributed by atoms with Gasteiger partial charge in [0.05, 0.1) is 5.02 Å². The quantitative estimate of drug-likeness (QED) is 0.906. The van der Waals surface area contributed by atoms with Crippen LogP contribution in [0.4, 0.5) is 0 Å². The first kappa shape index (κ1) is 13.4. The molecular formula is C14H13ClN2O2. The van der Waals surface area contributed by atoms with E-state index in [2.05, 4.69) is 10.3 Å². The van der Waals surface area contributed by atoms with Crippen molar-refractivity contribution in [1.29, 1.82) is 0 Å².